The molecule has 3 aliphatic rings. The molecule has 0 radical (unpaired) electrons. The Labute approximate surface area is 125 Å². The zero-order chi connectivity index (χ0) is 14.4. The van der Waals surface area contributed by atoms with Crippen LogP contribution in [0.2, 0.25) is 0 Å². The van der Waals surface area contributed by atoms with Gasteiger partial charge in [0, 0.05) is 18.1 Å². The van der Waals surface area contributed by atoms with Gasteiger partial charge in [0.25, 0.3) is 5.91 Å². The molecule has 1 amide bonds. The van der Waals surface area contributed by atoms with Crippen LogP contribution < -0.4 is 5.32 Å². The van der Waals surface area contributed by atoms with Crippen molar-refractivity contribution in [3.8, 4) is 0 Å². The lowest BCUT2D eigenvalue weighted by Gasteiger charge is -2.36. The van der Waals surface area contributed by atoms with Crippen molar-refractivity contribution >= 4 is 5.91 Å². The van der Waals surface area contributed by atoms with E-state index in [1.165, 1.54) is 31.2 Å². The van der Waals surface area contributed by atoms with Crippen molar-refractivity contribution < 1.29 is 4.79 Å². The van der Waals surface area contributed by atoms with Gasteiger partial charge >= 0.3 is 0 Å². The zero-order valence-corrected chi connectivity index (χ0v) is 12.5. The molecule has 3 atom stereocenters. The van der Waals surface area contributed by atoms with Crippen molar-refractivity contribution in [2.24, 2.45) is 0 Å². The number of fused-ring (bicyclic) bond motifs is 2. The molecule has 1 aromatic heterocycles. The molecule has 3 heterocycles. The van der Waals surface area contributed by atoms with E-state index in [4.69, 9.17) is 0 Å². The summed E-state index contributed by atoms with van der Waals surface area (Å²) >= 11 is 0. The van der Waals surface area contributed by atoms with Gasteiger partial charge in [-0.1, -0.05) is 0 Å². The van der Waals surface area contributed by atoms with E-state index in [1.807, 2.05) is 6.07 Å². The van der Waals surface area contributed by atoms with Crippen molar-refractivity contribution in [3.63, 3.8) is 0 Å². The van der Waals surface area contributed by atoms with Gasteiger partial charge in [-0.15, -0.1) is 5.10 Å². The molecular weight excluding hydrogens is 264 g/mol. The third kappa shape index (κ3) is 2.55. The summed E-state index contributed by atoms with van der Waals surface area (Å²) in [6, 6.07) is 3.48. The summed E-state index contributed by atoms with van der Waals surface area (Å²) in [5.41, 5.74) is 1.64. The van der Waals surface area contributed by atoms with E-state index in [9.17, 15) is 4.79 Å². The van der Waals surface area contributed by atoms with Crippen LogP contribution in [0.4, 0.5) is 0 Å². The Bertz CT molecular complexity index is 543. The number of nitrogens with one attached hydrogen (secondary N) is 1. The molecule has 2 saturated heterocycles. The number of carbonyl (C=O) groups excluding carboxylic acids is 1. The largest absolute Gasteiger partial charge is 0.348 e. The monoisotopic (exact) mass is 286 g/mol. The molecule has 0 spiro atoms. The number of rotatable bonds is 3. The number of amides is 1. The Balaban J connectivity index is 1.43. The lowest BCUT2D eigenvalue weighted by Crippen LogP contribution is -2.48. The molecule has 2 aliphatic heterocycles. The van der Waals surface area contributed by atoms with E-state index < -0.39 is 0 Å². The van der Waals surface area contributed by atoms with Crippen LogP contribution >= 0.6 is 0 Å². The van der Waals surface area contributed by atoms with Crippen LogP contribution in [0.25, 0.3) is 0 Å². The number of carbonyl (C=O) groups is 1. The maximum absolute atomic E-state index is 12.4. The average molecular weight is 286 g/mol. The van der Waals surface area contributed by atoms with Crippen molar-refractivity contribution in [3.05, 3.63) is 23.5 Å². The molecule has 0 aromatic carbocycles. The third-order valence-electron chi connectivity index (χ3n) is 5.39. The fourth-order valence-electron chi connectivity index (χ4n) is 3.92. The third-order valence-corrected chi connectivity index (χ3v) is 5.39. The highest BCUT2D eigenvalue weighted by molar-refractivity contribution is 5.92. The van der Waals surface area contributed by atoms with Gasteiger partial charge in [0.15, 0.2) is 5.69 Å². The number of hydrogen-bond acceptors (Lipinski definition) is 4. The Hall–Kier alpha value is -1.49. The topological polar surface area (TPSA) is 58.1 Å². The molecule has 5 heteroatoms. The number of piperidine rings is 1. The predicted molar refractivity (Wildman–Crippen MR) is 79.1 cm³/mol. The summed E-state index contributed by atoms with van der Waals surface area (Å²) in [5, 5.41) is 11.2. The van der Waals surface area contributed by atoms with E-state index in [0.29, 0.717) is 23.7 Å². The van der Waals surface area contributed by atoms with E-state index in [2.05, 4.69) is 27.5 Å². The first-order valence-electron chi connectivity index (χ1n) is 8.06. The lowest BCUT2D eigenvalue weighted by atomic mass is 9.98. The quantitative estimate of drug-likeness (QED) is 0.919. The predicted octanol–water partition coefficient (Wildman–Crippen LogP) is 1.71. The van der Waals surface area contributed by atoms with Crippen LogP contribution in [-0.2, 0) is 0 Å². The van der Waals surface area contributed by atoms with Gasteiger partial charge in [-0.2, -0.15) is 5.10 Å². The minimum atomic E-state index is -0.0565. The van der Waals surface area contributed by atoms with Gasteiger partial charge in [-0.25, -0.2) is 0 Å². The molecule has 112 valence electrons. The second-order valence-electron chi connectivity index (χ2n) is 6.84. The molecule has 3 fully saturated rings. The maximum atomic E-state index is 12.4. The van der Waals surface area contributed by atoms with Crippen molar-refractivity contribution in [1.82, 2.24) is 20.4 Å². The molecular formula is C16H22N4O. The SMILES string of the molecule is CN1[C@@H]2CC[C@H]1C[C@H](NC(=O)c1cc(C3CC3)cnn1)C2. The fraction of sp³-hybridized carbons (Fsp3) is 0.688. The van der Waals surface area contributed by atoms with E-state index in [-0.39, 0.29) is 11.9 Å². The Morgan fingerprint density at radius 2 is 1.95 bits per heavy atom. The van der Waals surface area contributed by atoms with E-state index in [0.717, 1.165) is 12.8 Å². The molecule has 1 aliphatic carbocycles. The highest BCUT2D eigenvalue weighted by Crippen LogP contribution is 2.39. The minimum Gasteiger partial charge on any atom is -0.348 e. The van der Waals surface area contributed by atoms with Gasteiger partial charge < -0.3 is 10.2 Å². The molecule has 1 saturated carbocycles. The Morgan fingerprint density at radius 3 is 2.62 bits per heavy atom. The van der Waals surface area contributed by atoms with Gasteiger partial charge in [0.2, 0.25) is 0 Å². The molecule has 1 N–H and O–H groups in total. The second-order valence-corrected chi connectivity index (χ2v) is 6.84. The second kappa shape index (κ2) is 5.05. The molecule has 5 nitrogen and oxygen atoms in total. The smallest absolute Gasteiger partial charge is 0.272 e. The molecule has 4 rings (SSSR count). The van der Waals surface area contributed by atoms with Crippen LogP contribution in [0, 0.1) is 0 Å². The van der Waals surface area contributed by atoms with Gasteiger partial charge in [-0.3, -0.25) is 4.79 Å². The highest BCUT2D eigenvalue weighted by atomic mass is 16.2. The maximum Gasteiger partial charge on any atom is 0.272 e. The standard InChI is InChI=1S/C16H22N4O/c1-20-13-4-5-14(20)8-12(7-13)18-16(21)15-6-11(9-17-19-15)10-2-3-10/h6,9-10,12-14H,2-5,7-8H2,1H3,(H,18,21)/t12-,13-,14+. The lowest BCUT2D eigenvalue weighted by molar-refractivity contribution is 0.0876. The summed E-state index contributed by atoms with van der Waals surface area (Å²) in [7, 11) is 2.21. The van der Waals surface area contributed by atoms with E-state index >= 15 is 0 Å². The van der Waals surface area contributed by atoms with Crippen LogP contribution in [-0.4, -0.2) is 46.2 Å². The molecule has 0 unspecified atom stereocenters. The summed E-state index contributed by atoms with van der Waals surface area (Å²) < 4.78 is 0. The normalized spacial score (nSPS) is 32.1. The minimum absolute atomic E-state index is 0.0565. The van der Waals surface area contributed by atoms with E-state index in [1.54, 1.807) is 6.20 Å². The van der Waals surface area contributed by atoms with Crippen LogP contribution in [0.15, 0.2) is 12.3 Å². The first-order chi connectivity index (χ1) is 10.2. The van der Waals surface area contributed by atoms with Crippen molar-refractivity contribution in [2.75, 3.05) is 7.05 Å². The van der Waals surface area contributed by atoms with Crippen molar-refractivity contribution in [1.29, 1.82) is 0 Å². The summed E-state index contributed by atoms with van der Waals surface area (Å²) in [6.07, 6.45) is 8.89. The van der Waals surface area contributed by atoms with Crippen molar-refractivity contribution in [2.45, 2.75) is 62.6 Å². The summed E-state index contributed by atoms with van der Waals surface area (Å²) in [5.74, 6) is 0.546. The highest BCUT2D eigenvalue weighted by Gasteiger charge is 2.39. The van der Waals surface area contributed by atoms with Gasteiger partial charge in [0.1, 0.15) is 0 Å². The first kappa shape index (κ1) is 13.2. The molecule has 21 heavy (non-hydrogen) atoms. The fourth-order valence-corrected chi connectivity index (χ4v) is 3.92. The number of hydrogen-bond donors (Lipinski definition) is 1. The van der Waals surface area contributed by atoms with Gasteiger partial charge in [0.05, 0.1) is 6.20 Å². The summed E-state index contributed by atoms with van der Waals surface area (Å²) in [4.78, 5) is 14.9. The van der Waals surface area contributed by atoms with Gasteiger partial charge in [-0.05, 0) is 63.1 Å². The zero-order valence-electron chi connectivity index (χ0n) is 12.5. The summed E-state index contributed by atoms with van der Waals surface area (Å²) in [6.45, 7) is 0. The molecule has 2 bridgehead atoms. The van der Waals surface area contributed by atoms with Crippen LogP contribution in [0.3, 0.4) is 0 Å². The number of aromatic nitrogens is 2. The Morgan fingerprint density at radius 1 is 1.24 bits per heavy atom. The first-order valence-corrected chi connectivity index (χ1v) is 8.06. The molecule has 1 aromatic rings. The average Bonchev–Trinajstić information content (AvgIpc) is 3.30. The number of nitrogens with zero attached hydrogens (tertiary/aromatic N) is 3. The van der Waals surface area contributed by atoms with Crippen LogP contribution in [0.5, 0.6) is 0 Å². The Kier molecular flexibility index (Phi) is 3.17. The van der Waals surface area contributed by atoms with Crippen LogP contribution in [0.1, 0.15) is 60.5 Å².